The van der Waals surface area contributed by atoms with Gasteiger partial charge in [0.25, 0.3) is 0 Å². The average Bonchev–Trinajstić information content (AvgIpc) is 2.94. The van der Waals surface area contributed by atoms with Gasteiger partial charge in [-0.25, -0.2) is 0 Å². The summed E-state index contributed by atoms with van der Waals surface area (Å²) in [6.45, 7) is 2.63. The lowest BCUT2D eigenvalue weighted by Gasteiger charge is -2.22. The molecule has 1 aromatic carbocycles. The smallest absolute Gasteiger partial charge is 0.168 e. The third kappa shape index (κ3) is 2.95. The van der Waals surface area contributed by atoms with E-state index in [0.29, 0.717) is 12.5 Å². The summed E-state index contributed by atoms with van der Waals surface area (Å²) in [5.41, 5.74) is 2.27. The van der Waals surface area contributed by atoms with Crippen molar-refractivity contribution in [3.05, 3.63) is 35.4 Å². The SMILES string of the molecule is CC1CC(C(=O)c2ccc(C3CCCCC3)cc2)CO1. The summed E-state index contributed by atoms with van der Waals surface area (Å²) in [6, 6.07) is 8.38. The third-order valence-electron chi connectivity index (χ3n) is 4.84. The van der Waals surface area contributed by atoms with E-state index in [1.54, 1.807) is 0 Å². The summed E-state index contributed by atoms with van der Waals surface area (Å²) in [5.74, 6) is 1.03. The van der Waals surface area contributed by atoms with Crippen LogP contribution in [0.3, 0.4) is 0 Å². The van der Waals surface area contributed by atoms with Crippen LogP contribution in [0.25, 0.3) is 0 Å². The fourth-order valence-corrected chi connectivity index (χ4v) is 3.59. The van der Waals surface area contributed by atoms with Crippen LogP contribution >= 0.6 is 0 Å². The summed E-state index contributed by atoms with van der Waals surface area (Å²) < 4.78 is 5.51. The number of carbonyl (C=O) groups excluding carboxylic acids is 1. The van der Waals surface area contributed by atoms with Crippen molar-refractivity contribution in [2.24, 2.45) is 5.92 Å². The number of ketones is 1. The van der Waals surface area contributed by atoms with Gasteiger partial charge in [0.1, 0.15) is 0 Å². The van der Waals surface area contributed by atoms with E-state index in [2.05, 4.69) is 12.1 Å². The molecule has 0 amide bonds. The molecule has 2 unspecified atom stereocenters. The van der Waals surface area contributed by atoms with Crippen molar-refractivity contribution < 1.29 is 9.53 Å². The standard InChI is InChI=1S/C18H24O2/c1-13-11-17(12-20-13)18(19)16-9-7-15(8-10-16)14-5-3-2-4-6-14/h7-10,13-14,17H,2-6,11-12H2,1H3. The maximum absolute atomic E-state index is 12.4. The van der Waals surface area contributed by atoms with Gasteiger partial charge in [-0.05, 0) is 37.7 Å². The van der Waals surface area contributed by atoms with Crippen molar-refractivity contribution in [1.82, 2.24) is 0 Å². The predicted molar refractivity (Wildman–Crippen MR) is 80.1 cm³/mol. The van der Waals surface area contributed by atoms with Crippen LogP contribution in [-0.2, 0) is 4.74 Å². The Morgan fingerprint density at radius 2 is 1.80 bits per heavy atom. The second-order valence-electron chi connectivity index (χ2n) is 6.40. The Kier molecular flexibility index (Phi) is 4.21. The van der Waals surface area contributed by atoms with Crippen LogP contribution in [0.15, 0.2) is 24.3 Å². The van der Waals surface area contributed by atoms with Gasteiger partial charge in [0, 0.05) is 11.5 Å². The van der Waals surface area contributed by atoms with Crippen molar-refractivity contribution in [3.8, 4) is 0 Å². The van der Waals surface area contributed by atoms with Gasteiger partial charge in [0.2, 0.25) is 0 Å². The molecule has 1 heterocycles. The van der Waals surface area contributed by atoms with Crippen LogP contribution in [-0.4, -0.2) is 18.5 Å². The molecule has 0 radical (unpaired) electrons. The zero-order valence-corrected chi connectivity index (χ0v) is 12.3. The van der Waals surface area contributed by atoms with Crippen LogP contribution in [0.2, 0.25) is 0 Å². The van der Waals surface area contributed by atoms with Gasteiger partial charge in [-0.15, -0.1) is 0 Å². The van der Waals surface area contributed by atoms with E-state index >= 15 is 0 Å². The Morgan fingerprint density at radius 1 is 1.10 bits per heavy atom. The highest BCUT2D eigenvalue weighted by Gasteiger charge is 2.29. The van der Waals surface area contributed by atoms with E-state index in [4.69, 9.17) is 4.74 Å². The molecule has 1 aliphatic heterocycles. The molecular formula is C18H24O2. The number of hydrogen-bond acceptors (Lipinski definition) is 2. The van der Waals surface area contributed by atoms with Gasteiger partial charge in [0.05, 0.1) is 12.7 Å². The second-order valence-corrected chi connectivity index (χ2v) is 6.40. The minimum Gasteiger partial charge on any atom is -0.378 e. The molecule has 108 valence electrons. The first kappa shape index (κ1) is 13.8. The molecule has 2 atom stereocenters. The van der Waals surface area contributed by atoms with E-state index in [0.717, 1.165) is 12.0 Å². The molecule has 2 fully saturated rings. The number of rotatable bonds is 3. The van der Waals surface area contributed by atoms with Gasteiger partial charge in [0.15, 0.2) is 5.78 Å². The van der Waals surface area contributed by atoms with Gasteiger partial charge >= 0.3 is 0 Å². The number of Topliss-reactive ketones (excluding diaryl/α,β-unsaturated/α-hetero) is 1. The second kappa shape index (κ2) is 6.09. The Labute approximate surface area is 121 Å². The summed E-state index contributed by atoms with van der Waals surface area (Å²) in [6.07, 6.45) is 7.79. The summed E-state index contributed by atoms with van der Waals surface area (Å²) in [4.78, 5) is 12.4. The lowest BCUT2D eigenvalue weighted by molar-refractivity contribution is 0.0877. The molecule has 0 N–H and O–H groups in total. The highest BCUT2D eigenvalue weighted by molar-refractivity contribution is 5.98. The predicted octanol–water partition coefficient (Wildman–Crippen LogP) is 4.34. The molecule has 0 aromatic heterocycles. The first-order valence-electron chi connectivity index (χ1n) is 8.00. The molecule has 2 aliphatic rings. The number of hydrogen-bond donors (Lipinski definition) is 0. The van der Waals surface area contributed by atoms with Crippen LogP contribution < -0.4 is 0 Å². The van der Waals surface area contributed by atoms with Gasteiger partial charge in [-0.3, -0.25) is 4.79 Å². The Hall–Kier alpha value is -1.15. The molecule has 2 nitrogen and oxygen atoms in total. The first-order valence-corrected chi connectivity index (χ1v) is 8.00. The Bertz CT molecular complexity index is 457. The molecule has 1 saturated carbocycles. The molecule has 1 aliphatic carbocycles. The van der Waals surface area contributed by atoms with Crippen molar-refractivity contribution in [3.63, 3.8) is 0 Å². The topological polar surface area (TPSA) is 26.3 Å². The van der Waals surface area contributed by atoms with Crippen LogP contribution in [0.5, 0.6) is 0 Å². The van der Waals surface area contributed by atoms with Gasteiger partial charge < -0.3 is 4.74 Å². The minimum absolute atomic E-state index is 0.0607. The monoisotopic (exact) mass is 272 g/mol. The number of carbonyl (C=O) groups is 1. The minimum atomic E-state index is 0.0607. The van der Waals surface area contributed by atoms with Crippen molar-refractivity contribution in [2.75, 3.05) is 6.61 Å². The molecular weight excluding hydrogens is 248 g/mol. The molecule has 1 aromatic rings. The zero-order chi connectivity index (χ0) is 13.9. The fraction of sp³-hybridized carbons (Fsp3) is 0.611. The Balaban J connectivity index is 1.67. The van der Waals surface area contributed by atoms with Crippen molar-refractivity contribution >= 4 is 5.78 Å². The van der Waals surface area contributed by atoms with E-state index in [1.807, 2.05) is 19.1 Å². The number of benzene rings is 1. The molecule has 2 heteroatoms. The molecule has 0 spiro atoms. The average molecular weight is 272 g/mol. The van der Waals surface area contributed by atoms with Crippen molar-refractivity contribution in [2.45, 2.75) is 57.5 Å². The van der Waals surface area contributed by atoms with E-state index in [9.17, 15) is 4.79 Å². The van der Waals surface area contributed by atoms with Gasteiger partial charge in [-0.1, -0.05) is 43.5 Å². The van der Waals surface area contributed by atoms with Crippen molar-refractivity contribution in [1.29, 1.82) is 0 Å². The van der Waals surface area contributed by atoms with Crippen LogP contribution in [0, 0.1) is 5.92 Å². The van der Waals surface area contributed by atoms with Crippen LogP contribution in [0.4, 0.5) is 0 Å². The molecule has 1 saturated heterocycles. The zero-order valence-electron chi connectivity index (χ0n) is 12.3. The molecule has 20 heavy (non-hydrogen) atoms. The lowest BCUT2D eigenvalue weighted by atomic mass is 9.83. The maximum atomic E-state index is 12.4. The van der Waals surface area contributed by atoms with E-state index in [1.165, 1.54) is 37.7 Å². The van der Waals surface area contributed by atoms with E-state index < -0.39 is 0 Å². The maximum Gasteiger partial charge on any atom is 0.168 e. The fourth-order valence-electron chi connectivity index (χ4n) is 3.59. The quantitative estimate of drug-likeness (QED) is 0.765. The third-order valence-corrected chi connectivity index (χ3v) is 4.84. The highest BCUT2D eigenvalue weighted by Crippen LogP contribution is 2.33. The first-order chi connectivity index (χ1) is 9.74. The lowest BCUT2D eigenvalue weighted by Crippen LogP contribution is -2.15. The normalized spacial score (nSPS) is 27.6. The largest absolute Gasteiger partial charge is 0.378 e. The molecule has 0 bridgehead atoms. The summed E-state index contributed by atoms with van der Waals surface area (Å²) >= 11 is 0. The summed E-state index contributed by atoms with van der Waals surface area (Å²) in [5, 5.41) is 0. The highest BCUT2D eigenvalue weighted by atomic mass is 16.5. The molecule has 3 rings (SSSR count). The summed E-state index contributed by atoms with van der Waals surface area (Å²) in [7, 11) is 0. The van der Waals surface area contributed by atoms with Gasteiger partial charge in [-0.2, -0.15) is 0 Å². The Morgan fingerprint density at radius 3 is 2.40 bits per heavy atom. The number of ether oxygens (including phenoxy) is 1. The van der Waals surface area contributed by atoms with E-state index in [-0.39, 0.29) is 17.8 Å². The van der Waals surface area contributed by atoms with Crippen LogP contribution in [0.1, 0.15) is 67.3 Å².